The highest BCUT2D eigenvalue weighted by Gasteiger charge is 2.34. The van der Waals surface area contributed by atoms with Crippen LogP contribution in [0.5, 0.6) is 0 Å². The van der Waals surface area contributed by atoms with Gasteiger partial charge in [0.1, 0.15) is 12.6 Å². The Labute approximate surface area is 203 Å². The Morgan fingerprint density at radius 3 is 2.06 bits per heavy atom. The summed E-state index contributed by atoms with van der Waals surface area (Å²) in [5.41, 5.74) is 4.16. The second-order valence-corrected chi connectivity index (χ2v) is 8.20. The molecule has 3 rings (SSSR count). The molecule has 2 aromatic rings. The van der Waals surface area contributed by atoms with Crippen molar-refractivity contribution in [2.45, 2.75) is 51.1 Å². The fraction of sp³-hybridized carbons (Fsp3) is 0.385. The van der Waals surface area contributed by atoms with E-state index in [9.17, 15) is 24.3 Å². The molecule has 1 aliphatic carbocycles. The van der Waals surface area contributed by atoms with Crippen molar-refractivity contribution in [2.24, 2.45) is 0 Å². The third-order valence-electron chi connectivity index (χ3n) is 5.85. The number of rotatable bonds is 11. The average Bonchev–Trinajstić information content (AvgIpc) is 3.17. The third kappa shape index (κ3) is 6.17. The quantitative estimate of drug-likeness (QED) is 0.331. The Morgan fingerprint density at radius 1 is 0.914 bits per heavy atom. The number of fused-ring (bicyclic) bond motifs is 3. The highest BCUT2D eigenvalue weighted by molar-refractivity contribution is 6.05. The number of esters is 1. The number of amides is 2. The van der Waals surface area contributed by atoms with E-state index in [4.69, 9.17) is 9.47 Å². The van der Waals surface area contributed by atoms with Crippen molar-refractivity contribution < 1.29 is 33.8 Å². The maximum absolute atomic E-state index is 12.7. The van der Waals surface area contributed by atoms with Gasteiger partial charge in [-0.3, -0.25) is 10.1 Å². The number of hydrogen-bond donors (Lipinski definition) is 3. The molecule has 9 heteroatoms. The standard InChI is InChI=1S/C26H30N2O7/c1-3-5-14-21(24(30)31)27-23(29)22(25(32)34-4-2)28-26(33)35-15-20-18-12-8-6-10-16(18)17-11-7-9-13-19(17)20/h6-13,20-22H,3-5,14-15H2,1-2H3,(H,27,29)(H,28,33)(H,30,31). The van der Waals surface area contributed by atoms with Gasteiger partial charge in [-0.2, -0.15) is 0 Å². The molecule has 0 saturated carbocycles. The van der Waals surface area contributed by atoms with Crippen LogP contribution in [0.15, 0.2) is 48.5 Å². The number of ether oxygens (including phenoxy) is 2. The van der Waals surface area contributed by atoms with Crippen LogP contribution in [0.3, 0.4) is 0 Å². The molecular formula is C26H30N2O7. The Bertz CT molecular complexity index is 1040. The predicted molar refractivity (Wildman–Crippen MR) is 128 cm³/mol. The van der Waals surface area contributed by atoms with Crippen LogP contribution in [0.25, 0.3) is 11.1 Å². The minimum atomic E-state index is -1.74. The second kappa shape index (κ2) is 12.0. The molecule has 0 bridgehead atoms. The molecule has 0 aromatic heterocycles. The summed E-state index contributed by atoms with van der Waals surface area (Å²) < 4.78 is 10.3. The van der Waals surface area contributed by atoms with Crippen molar-refractivity contribution in [3.8, 4) is 11.1 Å². The van der Waals surface area contributed by atoms with E-state index in [2.05, 4.69) is 10.6 Å². The van der Waals surface area contributed by atoms with E-state index in [0.29, 0.717) is 6.42 Å². The molecule has 186 valence electrons. The number of carbonyl (C=O) groups excluding carboxylic acids is 3. The summed E-state index contributed by atoms with van der Waals surface area (Å²) in [6.45, 7) is 3.42. The molecule has 0 radical (unpaired) electrons. The average molecular weight is 483 g/mol. The van der Waals surface area contributed by atoms with E-state index in [1.54, 1.807) is 6.92 Å². The molecule has 0 fully saturated rings. The normalized spacial score (nSPS) is 13.7. The van der Waals surface area contributed by atoms with Crippen molar-refractivity contribution in [3.05, 3.63) is 59.7 Å². The first-order valence-corrected chi connectivity index (χ1v) is 11.7. The zero-order chi connectivity index (χ0) is 25.4. The van der Waals surface area contributed by atoms with E-state index >= 15 is 0 Å². The van der Waals surface area contributed by atoms with Crippen molar-refractivity contribution in [1.82, 2.24) is 10.6 Å². The monoisotopic (exact) mass is 482 g/mol. The van der Waals surface area contributed by atoms with Crippen LogP contribution in [-0.4, -0.2) is 54.3 Å². The zero-order valence-electron chi connectivity index (χ0n) is 19.8. The van der Waals surface area contributed by atoms with Gasteiger partial charge in [0.25, 0.3) is 5.91 Å². The first-order valence-electron chi connectivity index (χ1n) is 11.7. The van der Waals surface area contributed by atoms with Crippen molar-refractivity contribution >= 4 is 23.9 Å². The molecule has 0 saturated heterocycles. The summed E-state index contributed by atoms with van der Waals surface area (Å²) in [6.07, 6.45) is 0.513. The molecule has 1 aliphatic rings. The lowest BCUT2D eigenvalue weighted by molar-refractivity contribution is -0.151. The van der Waals surface area contributed by atoms with Gasteiger partial charge in [-0.15, -0.1) is 0 Å². The minimum Gasteiger partial charge on any atom is -0.480 e. The number of nitrogens with one attached hydrogen (secondary N) is 2. The topological polar surface area (TPSA) is 131 Å². The van der Waals surface area contributed by atoms with E-state index in [1.807, 2.05) is 55.5 Å². The van der Waals surface area contributed by atoms with Gasteiger partial charge in [-0.25, -0.2) is 14.4 Å². The number of carboxylic acids is 1. The summed E-state index contributed by atoms with van der Waals surface area (Å²) in [7, 11) is 0. The van der Waals surface area contributed by atoms with Gasteiger partial charge in [0, 0.05) is 5.92 Å². The van der Waals surface area contributed by atoms with Crippen LogP contribution in [0.1, 0.15) is 50.2 Å². The van der Waals surface area contributed by atoms with Crippen molar-refractivity contribution in [1.29, 1.82) is 0 Å². The van der Waals surface area contributed by atoms with E-state index in [1.165, 1.54) is 0 Å². The highest BCUT2D eigenvalue weighted by Crippen LogP contribution is 2.44. The Hall–Kier alpha value is -3.88. The van der Waals surface area contributed by atoms with Gasteiger partial charge in [0.05, 0.1) is 6.61 Å². The number of carboxylic acid groups (broad SMARTS) is 1. The number of aliphatic carboxylic acids is 1. The summed E-state index contributed by atoms with van der Waals surface area (Å²) in [6, 6.07) is 12.7. The molecule has 0 spiro atoms. The smallest absolute Gasteiger partial charge is 0.408 e. The zero-order valence-corrected chi connectivity index (χ0v) is 19.8. The minimum absolute atomic E-state index is 0.00866. The lowest BCUT2D eigenvalue weighted by atomic mass is 9.98. The van der Waals surface area contributed by atoms with E-state index in [-0.39, 0.29) is 25.6 Å². The summed E-state index contributed by atoms with van der Waals surface area (Å²) >= 11 is 0. The Kier molecular flexibility index (Phi) is 8.83. The molecule has 0 heterocycles. The van der Waals surface area contributed by atoms with Crippen LogP contribution >= 0.6 is 0 Å². The van der Waals surface area contributed by atoms with Crippen molar-refractivity contribution in [3.63, 3.8) is 0 Å². The summed E-state index contributed by atoms with van der Waals surface area (Å²) in [5.74, 6) is -3.40. The van der Waals surface area contributed by atoms with Gasteiger partial charge >= 0.3 is 18.0 Å². The van der Waals surface area contributed by atoms with Crippen molar-refractivity contribution in [2.75, 3.05) is 13.2 Å². The first-order chi connectivity index (χ1) is 16.9. The van der Waals surface area contributed by atoms with Crippen LogP contribution in [-0.2, 0) is 23.9 Å². The van der Waals surface area contributed by atoms with Crippen LogP contribution in [0.2, 0.25) is 0 Å². The molecule has 2 amide bonds. The van der Waals surface area contributed by atoms with Gasteiger partial charge in [-0.1, -0.05) is 68.3 Å². The molecule has 0 aliphatic heterocycles. The number of carbonyl (C=O) groups is 4. The van der Waals surface area contributed by atoms with Gasteiger partial charge in [-0.05, 0) is 35.6 Å². The van der Waals surface area contributed by atoms with Crippen LogP contribution in [0.4, 0.5) is 4.79 Å². The van der Waals surface area contributed by atoms with E-state index in [0.717, 1.165) is 28.7 Å². The maximum atomic E-state index is 12.7. The number of hydrogen-bond acceptors (Lipinski definition) is 6. The third-order valence-corrected chi connectivity index (χ3v) is 5.85. The van der Waals surface area contributed by atoms with Crippen LogP contribution in [0, 0.1) is 0 Å². The summed E-state index contributed by atoms with van der Waals surface area (Å²) in [5, 5.41) is 13.9. The van der Waals surface area contributed by atoms with E-state index < -0.39 is 36.0 Å². The van der Waals surface area contributed by atoms with Gasteiger partial charge < -0.3 is 19.9 Å². The fourth-order valence-electron chi connectivity index (χ4n) is 4.14. The lowest BCUT2D eigenvalue weighted by Gasteiger charge is -2.21. The van der Waals surface area contributed by atoms with Gasteiger partial charge in [0.2, 0.25) is 6.04 Å². The highest BCUT2D eigenvalue weighted by atomic mass is 16.6. The number of alkyl carbamates (subject to hydrolysis) is 1. The molecule has 2 aromatic carbocycles. The molecule has 2 atom stereocenters. The van der Waals surface area contributed by atoms with Gasteiger partial charge in [0.15, 0.2) is 0 Å². The SMILES string of the molecule is CCCCC(NC(=O)C(NC(=O)OCC1c2ccccc2-c2ccccc21)C(=O)OCC)C(=O)O. The Morgan fingerprint density at radius 2 is 1.51 bits per heavy atom. The number of benzene rings is 2. The maximum Gasteiger partial charge on any atom is 0.408 e. The predicted octanol–water partition coefficient (Wildman–Crippen LogP) is 3.22. The van der Waals surface area contributed by atoms with Crippen LogP contribution < -0.4 is 10.6 Å². The second-order valence-electron chi connectivity index (χ2n) is 8.20. The molecule has 9 nitrogen and oxygen atoms in total. The first kappa shape index (κ1) is 25.7. The molecule has 35 heavy (non-hydrogen) atoms. The number of unbranched alkanes of at least 4 members (excludes halogenated alkanes) is 1. The summed E-state index contributed by atoms with van der Waals surface area (Å²) in [4.78, 5) is 49.2. The fourth-order valence-corrected chi connectivity index (χ4v) is 4.14. The lowest BCUT2D eigenvalue weighted by Crippen LogP contribution is -2.55. The molecular weight excluding hydrogens is 452 g/mol. The largest absolute Gasteiger partial charge is 0.480 e. The molecule has 3 N–H and O–H groups in total. The Balaban J connectivity index is 1.69. The molecule has 2 unspecified atom stereocenters.